The second-order valence-electron chi connectivity index (χ2n) is 10.2. The van der Waals surface area contributed by atoms with Gasteiger partial charge in [-0.15, -0.1) is 0 Å². The first-order valence-electron chi connectivity index (χ1n) is 12.9. The van der Waals surface area contributed by atoms with Gasteiger partial charge < -0.3 is 14.2 Å². The van der Waals surface area contributed by atoms with Gasteiger partial charge in [-0.3, -0.25) is 0 Å². The van der Waals surface area contributed by atoms with Crippen molar-refractivity contribution in [2.24, 2.45) is 11.8 Å². The summed E-state index contributed by atoms with van der Waals surface area (Å²) in [6.07, 6.45) is 10.6. The summed E-state index contributed by atoms with van der Waals surface area (Å²) in [6, 6.07) is 3.57. The molecule has 3 nitrogen and oxygen atoms in total. The molecule has 0 aromatic heterocycles. The molecule has 32 heavy (non-hydrogen) atoms. The Balaban J connectivity index is 1.32. The summed E-state index contributed by atoms with van der Waals surface area (Å²) in [4.78, 5) is 0. The van der Waals surface area contributed by atoms with E-state index < -0.39 is 17.9 Å². The lowest BCUT2D eigenvalue weighted by Gasteiger charge is -2.37. The zero-order chi connectivity index (χ0) is 22.5. The van der Waals surface area contributed by atoms with Gasteiger partial charge in [0.2, 0.25) is 0 Å². The highest BCUT2D eigenvalue weighted by molar-refractivity contribution is 5.32. The van der Waals surface area contributed by atoms with Crippen molar-refractivity contribution in [2.75, 3.05) is 19.8 Å². The SMILES string of the molecule is CCCC1CCC(c2ccc(C3COC(C4CCC(CCC)CO4)OC3)c(F)c2F)CC1. The number of ether oxygens (including phenoxy) is 3. The highest BCUT2D eigenvalue weighted by atomic mass is 19.2. The Morgan fingerprint density at radius 3 is 1.81 bits per heavy atom. The Kier molecular flexibility index (Phi) is 8.58. The van der Waals surface area contributed by atoms with Crippen molar-refractivity contribution in [3.63, 3.8) is 0 Å². The van der Waals surface area contributed by atoms with Crippen molar-refractivity contribution in [1.29, 1.82) is 0 Å². The van der Waals surface area contributed by atoms with Gasteiger partial charge >= 0.3 is 0 Å². The van der Waals surface area contributed by atoms with Crippen molar-refractivity contribution in [2.45, 2.75) is 102 Å². The number of rotatable bonds is 7. The Labute approximate surface area is 192 Å². The molecular weight excluding hydrogens is 410 g/mol. The lowest BCUT2D eigenvalue weighted by atomic mass is 9.77. The molecule has 0 N–H and O–H groups in total. The van der Waals surface area contributed by atoms with E-state index in [1.807, 2.05) is 6.07 Å². The summed E-state index contributed by atoms with van der Waals surface area (Å²) in [5, 5.41) is 0. The van der Waals surface area contributed by atoms with Crippen LogP contribution in [0.25, 0.3) is 0 Å². The number of halogens is 2. The maximum atomic E-state index is 15.1. The molecule has 1 saturated carbocycles. The quantitative estimate of drug-likeness (QED) is 0.444. The maximum absolute atomic E-state index is 15.1. The van der Waals surface area contributed by atoms with E-state index in [2.05, 4.69) is 13.8 Å². The number of hydrogen-bond donors (Lipinski definition) is 0. The third-order valence-corrected chi connectivity index (χ3v) is 7.89. The van der Waals surface area contributed by atoms with Crippen LogP contribution in [0, 0.1) is 23.5 Å². The smallest absolute Gasteiger partial charge is 0.183 e. The van der Waals surface area contributed by atoms with E-state index in [0.29, 0.717) is 30.3 Å². The average Bonchev–Trinajstić information content (AvgIpc) is 2.83. The molecular formula is C27H40F2O3. The third-order valence-electron chi connectivity index (χ3n) is 7.89. The molecule has 1 aromatic carbocycles. The predicted octanol–water partition coefficient (Wildman–Crippen LogP) is 7.09. The van der Waals surface area contributed by atoms with Gasteiger partial charge in [0.25, 0.3) is 0 Å². The summed E-state index contributed by atoms with van der Waals surface area (Å²) >= 11 is 0. The lowest BCUT2D eigenvalue weighted by molar-refractivity contribution is -0.249. The third kappa shape index (κ3) is 5.53. The molecule has 5 heteroatoms. The van der Waals surface area contributed by atoms with E-state index >= 15 is 8.78 Å². The van der Waals surface area contributed by atoms with Crippen LogP contribution in [0.2, 0.25) is 0 Å². The zero-order valence-electron chi connectivity index (χ0n) is 19.8. The van der Waals surface area contributed by atoms with Gasteiger partial charge in [-0.25, -0.2) is 8.78 Å². The first kappa shape index (κ1) is 24.1. The number of hydrogen-bond acceptors (Lipinski definition) is 3. The van der Waals surface area contributed by atoms with Crippen LogP contribution in [0.4, 0.5) is 8.78 Å². The lowest BCUT2D eigenvalue weighted by Crippen LogP contribution is -2.43. The summed E-state index contributed by atoms with van der Waals surface area (Å²) in [6.45, 7) is 5.84. The normalized spacial score (nSPS) is 33.9. The minimum absolute atomic E-state index is 0.0594. The van der Waals surface area contributed by atoms with E-state index in [-0.39, 0.29) is 17.9 Å². The first-order chi connectivity index (χ1) is 15.6. The highest BCUT2D eigenvalue weighted by Crippen LogP contribution is 2.40. The van der Waals surface area contributed by atoms with E-state index in [0.717, 1.165) is 51.0 Å². The fraction of sp³-hybridized carbons (Fsp3) is 0.778. The van der Waals surface area contributed by atoms with Crippen molar-refractivity contribution < 1.29 is 23.0 Å². The average molecular weight is 451 g/mol. The molecule has 2 atom stereocenters. The van der Waals surface area contributed by atoms with Crippen molar-refractivity contribution >= 4 is 0 Å². The maximum Gasteiger partial charge on any atom is 0.183 e. The minimum Gasteiger partial charge on any atom is -0.373 e. The van der Waals surface area contributed by atoms with Crippen molar-refractivity contribution in [3.05, 3.63) is 34.9 Å². The largest absolute Gasteiger partial charge is 0.373 e. The van der Waals surface area contributed by atoms with Gasteiger partial charge in [0.15, 0.2) is 17.9 Å². The van der Waals surface area contributed by atoms with E-state index in [4.69, 9.17) is 14.2 Å². The van der Waals surface area contributed by atoms with Crippen LogP contribution in [0.3, 0.4) is 0 Å². The molecule has 1 aromatic rings. The van der Waals surface area contributed by atoms with Gasteiger partial charge in [-0.1, -0.05) is 45.2 Å². The van der Waals surface area contributed by atoms with E-state index in [1.165, 1.54) is 25.7 Å². The van der Waals surface area contributed by atoms with Crippen molar-refractivity contribution in [1.82, 2.24) is 0 Å². The minimum atomic E-state index is -0.717. The summed E-state index contributed by atoms with van der Waals surface area (Å²) in [5.41, 5.74) is 0.922. The standard InChI is InChI=1S/C27H40F2O3/c1-3-5-18-7-10-20(11-8-18)22-12-13-23(26(29)25(22)28)21-16-31-27(32-17-21)24-14-9-19(6-4-2)15-30-24/h12-13,18-21,24,27H,3-11,14-17H2,1-2H3. The fourth-order valence-corrected chi connectivity index (χ4v) is 5.97. The van der Waals surface area contributed by atoms with E-state index in [9.17, 15) is 0 Å². The van der Waals surface area contributed by atoms with Gasteiger partial charge in [-0.05, 0) is 73.8 Å². The fourth-order valence-electron chi connectivity index (χ4n) is 5.97. The van der Waals surface area contributed by atoms with Crippen LogP contribution in [-0.2, 0) is 14.2 Å². The molecule has 1 aliphatic carbocycles. The Hall–Kier alpha value is -1.04. The van der Waals surface area contributed by atoms with Crippen LogP contribution in [0.5, 0.6) is 0 Å². The molecule has 3 fully saturated rings. The van der Waals surface area contributed by atoms with Crippen LogP contribution in [0.1, 0.15) is 101 Å². The molecule has 2 saturated heterocycles. The van der Waals surface area contributed by atoms with Gasteiger partial charge in [0, 0.05) is 5.92 Å². The summed E-state index contributed by atoms with van der Waals surface area (Å²) < 4.78 is 47.9. The highest BCUT2D eigenvalue weighted by Gasteiger charge is 2.35. The molecule has 4 rings (SSSR count). The Morgan fingerprint density at radius 2 is 1.25 bits per heavy atom. The van der Waals surface area contributed by atoms with Crippen LogP contribution in [0.15, 0.2) is 12.1 Å². The van der Waals surface area contributed by atoms with Gasteiger partial charge in [-0.2, -0.15) is 0 Å². The van der Waals surface area contributed by atoms with Crippen molar-refractivity contribution in [3.8, 4) is 0 Å². The second-order valence-corrected chi connectivity index (χ2v) is 10.2. The molecule has 180 valence electrons. The first-order valence-corrected chi connectivity index (χ1v) is 12.9. The molecule has 2 unspecified atom stereocenters. The monoisotopic (exact) mass is 450 g/mol. The van der Waals surface area contributed by atoms with Gasteiger partial charge in [0.1, 0.15) is 6.10 Å². The molecule has 0 spiro atoms. The second kappa shape index (κ2) is 11.4. The van der Waals surface area contributed by atoms with Crippen LogP contribution < -0.4 is 0 Å². The zero-order valence-corrected chi connectivity index (χ0v) is 19.8. The van der Waals surface area contributed by atoms with Gasteiger partial charge in [0.05, 0.1) is 19.8 Å². The van der Waals surface area contributed by atoms with E-state index in [1.54, 1.807) is 6.07 Å². The summed E-state index contributed by atoms with van der Waals surface area (Å²) in [5.74, 6) is -0.156. The molecule has 0 bridgehead atoms. The topological polar surface area (TPSA) is 27.7 Å². The summed E-state index contributed by atoms with van der Waals surface area (Å²) in [7, 11) is 0. The molecule has 2 aliphatic heterocycles. The molecule has 0 radical (unpaired) electrons. The Bertz CT molecular complexity index is 716. The van der Waals surface area contributed by atoms with Crippen LogP contribution in [-0.4, -0.2) is 32.2 Å². The number of benzene rings is 1. The Morgan fingerprint density at radius 1 is 0.688 bits per heavy atom. The molecule has 3 aliphatic rings. The predicted molar refractivity (Wildman–Crippen MR) is 122 cm³/mol. The molecule has 0 amide bonds. The van der Waals surface area contributed by atoms with Crippen LogP contribution >= 0.6 is 0 Å². The molecule has 2 heterocycles.